The quantitative estimate of drug-likeness (QED) is 0.0546. The van der Waals surface area contributed by atoms with Gasteiger partial charge >= 0.3 is 11.9 Å². The number of hydrogen-bond donors (Lipinski definition) is 0. The van der Waals surface area contributed by atoms with Crippen LogP contribution in [0.3, 0.4) is 0 Å². The van der Waals surface area contributed by atoms with E-state index in [-0.39, 0.29) is 36.9 Å². The van der Waals surface area contributed by atoms with Crippen LogP contribution in [-0.2, 0) is 29.1 Å². The molecule has 14 heteroatoms. The lowest BCUT2D eigenvalue weighted by atomic mass is 9.93. The fraction of sp³-hybridized carbons (Fsp3) is 0.256. The number of ether oxygens (including phenoxy) is 2. The second-order valence-electron chi connectivity index (χ2n) is 13.6. The fourth-order valence-corrected chi connectivity index (χ4v) is 8.42. The van der Waals surface area contributed by atoms with Crippen LogP contribution in [-0.4, -0.2) is 70.7 Å². The molecule has 0 aliphatic carbocycles. The number of carbonyl (C=O) groups excluding carboxylic acids is 2. The topological polar surface area (TPSA) is 146 Å². The summed E-state index contributed by atoms with van der Waals surface area (Å²) in [6.45, 7) is 10.4. The van der Waals surface area contributed by atoms with Gasteiger partial charge < -0.3 is 19.3 Å². The molecule has 294 valence electrons. The van der Waals surface area contributed by atoms with Crippen LogP contribution in [0.5, 0.6) is 0 Å². The maximum absolute atomic E-state index is 13.5. The van der Waals surface area contributed by atoms with E-state index in [0.717, 1.165) is 56.5 Å². The second-order valence-corrected chi connectivity index (χ2v) is 15.5. The number of anilines is 2. The lowest BCUT2D eigenvalue weighted by Crippen LogP contribution is -2.58. The van der Waals surface area contributed by atoms with Gasteiger partial charge in [-0.25, -0.2) is 18.0 Å². The van der Waals surface area contributed by atoms with Crippen molar-refractivity contribution in [1.82, 2.24) is 4.31 Å². The molecule has 57 heavy (non-hydrogen) atoms. The molecule has 0 amide bonds. The Hall–Kier alpha value is -6.25. The first kappa shape index (κ1) is 40.4. The number of sulfonamides is 1. The highest BCUT2D eigenvalue weighted by Gasteiger charge is 2.39. The first-order chi connectivity index (χ1) is 27.4. The van der Waals surface area contributed by atoms with Gasteiger partial charge in [0.15, 0.2) is 0 Å². The normalized spacial score (nSPS) is 15.5. The molecule has 0 saturated heterocycles. The van der Waals surface area contributed by atoms with E-state index < -0.39 is 22.0 Å². The number of carbonyl (C=O) groups is 2. The third-order valence-corrected chi connectivity index (χ3v) is 12.2. The van der Waals surface area contributed by atoms with E-state index in [0.29, 0.717) is 17.1 Å². The Morgan fingerprint density at radius 1 is 0.702 bits per heavy atom. The van der Waals surface area contributed by atoms with Gasteiger partial charge in [-0.3, -0.25) is 0 Å². The van der Waals surface area contributed by atoms with E-state index in [1.165, 1.54) is 35.6 Å². The smallest absolute Gasteiger partial charge is 0.330 e. The molecular weight excluding hydrogens is 743 g/mol. The van der Waals surface area contributed by atoms with E-state index in [1.807, 2.05) is 42.5 Å². The van der Waals surface area contributed by atoms with E-state index in [9.17, 15) is 18.0 Å². The monoisotopic (exact) mass is 787 g/mol. The van der Waals surface area contributed by atoms with Gasteiger partial charge in [-0.2, -0.15) is 9.42 Å². The van der Waals surface area contributed by atoms with Crippen LogP contribution in [0.4, 0.5) is 34.1 Å². The molecule has 0 saturated carbocycles. The number of nitrogens with zero attached hydrogens (tertiary/aromatic N) is 7. The molecule has 5 aromatic carbocycles. The van der Waals surface area contributed by atoms with Crippen molar-refractivity contribution in [3.8, 4) is 0 Å². The molecule has 0 N–H and O–H groups in total. The summed E-state index contributed by atoms with van der Waals surface area (Å²) in [6, 6.07) is 27.8. The Morgan fingerprint density at radius 3 is 1.74 bits per heavy atom. The zero-order valence-corrected chi connectivity index (χ0v) is 33.3. The Bertz CT molecular complexity index is 2460. The van der Waals surface area contributed by atoms with E-state index in [2.05, 4.69) is 85.4 Å². The molecule has 5 aromatic rings. The highest BCUT2D eigenvalue weighted by Crippen LogP contribution is 2.48. The summed E-state index contributed by atoms with van der Waals surface area (Å²) >= 11 is 0. The van der Waals surface area contributed by atoms with Crippen molar-refractivity contribution in [3.63, 3.8) is 0 Å². The van der Waals surface area contributed by atoms with Gasteiger partial charge in [0, 0.05) is 72.3 Å². The van der Waals surface area contributed by atoms with Crippen molar-refractivity contribution in [2.24, 2.45) is 20.5 Å². The Balaban J connectivity index is 1.23. The molecule has 1 heterocycles. The Labute approximate surface area is 332 Å². The molecule has 1 atom stereocenters. The standard InChI is InChI=1S/C43H45N7O6S/c1-7-25-43(4)48(5)38-16-12-15-34-37(23-24-39(42(34)38)49(43)6)47-46-36-22-21-35(32-13-10-11-14-33(32)36)45-44-30-17-19-31(20-18-30)57(53,54)50(26-28-55-40(51)8-2)27-29-56-41(52)9-3/h8-24H,2-3,7,25-29H2,1,4-6H3/b45-44+,47-46+. The second kappa shape index (κ2) is 17.3. The largest absolute Gasteiger partial charge is 0.461 e. The van der Waals surface area contributed by atoms with Crippen molar-refractivity contribution in [2.75, 3.05) is 50.2 Å². The maximum atomic E-state index is 13.5. The summed E-state index contributed by atoms with van der Waals surface area (Å²) in [6.07, 6.45) is 4.05. The average molecular weight is 788 g/mol. The van der Waals surface area contributed by atoms with Crippen molar-refractivity contribution < 1.29 is 27.5 Å². The SMILES string of the molecule is C=CC(=O)OCCN(CCOC(=O)C=C)S(=O)(=O)c1ccc(/N=N/c2ccc(/N=N/c3ccc4c5c(cccc35)N(C)C(C)(CCC)N4C)c3ccccc23)cc1. The molecule has 0 aromatic heterocycles. The molecule has 0 radical (unpaired) electrons. The molecule has 13 nitrogen and oxygen atoms in total. The van der Waals surface area contributed by atoms with Gasteiger partial charge in [0.1, 0.15) is 18.9 Å². The third kappa shape index (κ3) is 8.32. The fourth-order valence-electron chi connectivity index (χ4n) is 7.01. The number of benzene rings is 5. The lowest BCUT2D eigenvalue weighted by Gasteiger charge is -2.52. The molecule has 1 aliphatic rings. The van der Waals surface area contributed by atoms with Gasteiger partial charge in [-0.1, -0.05) is 62.9 Å². The summed E-state index contributed by atoms with van der Waals surface area (Å²) in [5.41, 5.74) is 4.64. The van der Waals surface area contributed by atoms with Crippen molar-refractivity contribution in [2.45, 2.75) is 37.2 Å². The van der Waals surface area contributed by atoms with Crippen LogP contribution in [0, 0.1) is 0 Å². The summed E-state index contributed by atoms with van der Waals surface area (Å²) in [7, 11) is 0.233. The predicted octanol–water partition coefficient (Wildman–Crippen LogP) is 9.68. The summed E-state index contributed by atoms with van der Waals surface area (Å²) in [5, 5.41) is 22.2. The van der Waals surface area contributed by atoms with Crippen molar-refractivity contribution >= 4 is 77.6 Å². The van der Waals surface area contributed by atoms with E-state index in [4.69, 9.17) is 19.7 Å². The zero-order valence-electron chi connectivity index (χ0n) is 32.5. The number of esters is 2. The summed E-state index contributed by atoms with van der Waals surface area (Å²) in [5.74, 6) is -1.38. The average Bonchev–Trinajstić information content (AvgIpc) is 3.23. The predicted molar refractivity (Wildman–Crippen MR) is 224 cm³/mol. The Kier molecular flexibility index (Phi) is 12.2. The molecule has 0 spiro atoms. The number of rotatable bonds is 16. The minimum Gasteiger partial charge on any atom is -0.461 e. The molecule has 1 aliphatic heterocycles. The van der Waals surface area contributed by atoms with Crippen LogP contribution in [0.2, 0.25) is 0 Å². The van der Waals surface area contributed by atoms with Gasteiger partial charge in [-0.05, 0) is 67.9 Å². The maximum Gasteiger partial charge on any atom is 0.330 e. The number of fused-ring (bicyclic) bond motifs is 1. The lowest BCUT2D eigenvalue weighted by molar-refractivity contribution is -0.137. The minimum atomic E-state index is -4.08. The van der Waals surface area contributed by atoms with E-state index >= 15 is 0 Å². The van der Waals surface area contributed by atoms with Crippen LogP contribution in [0.25, 0.3) is 21.5 Å². The van der Waals surface area contributed by atoms with Crippen LogP contribution in [0.15, 0.2) is 142 Å². The van der Waals surface area contributed by atoms with E-state index in [1.54, 1.807) is 0 Å². The highest BCUT2D eigenvalue weighted by molar-refractivity contribution is 7.89. The first-order valence-corrected chi connectivity index (χ1v) is 19.9. The highest BCUT2D eigenvalue weighted by atomic mass is 32.2. The van der Waals surface area contributed by atoms with Crippen LogP contribution in [0.1, 0.15) is 26.7 Å². The molecule has 0 fully saturated rings. The number of azo groups is 2. The van der Waals surface area contributed by atoms with Gasteiger partial charge in [0.25, 0.3) is 0 Å². The third-order valence-electron chi connectivity index (χ3n) is 10.3. The molecule has 0 bridgehead atoms. The van der Waals surface area contributed by atoms with Crippen molar-refractivity contribution in [1.29, 1.82) is 0 Å². The molecule has 1 unspecified atom stereocenters. The summed E-state index contributed by atoms with van der Waals surface area (Å²) in [4.78, 5) is 27.7. The van der Waals surface area contributed by atoms with Crippen LogP contribution >= 0.6 is 0 Å². The van der Waals surface area contributed by atoms with Gasteiger partial charge in [0.2, 0.25) is 10.0 Å². The first-order valence-electron chi connectivity index (χ1n) is 18.5. The van der Waals surface area contributed by atoms with Crippen LogP contribution < -0.4 is 9.80 Å². The molecular formula is C43H45N7O6S. The summed E-state index contributed by atoms with van der Waals surface area (Å²) < 4.78 is 38.1. The molecule has 6 rings (SSSR count). The minimum absolute atomic E-state index is 0.0310. The van der Waals surface area contributed by atoms with Gasteiger partial charge in [0.05, 0.1) is 27.6 Å². The number of hydrogen-bond acceptors (Lipinski definition) is 12. The van der Waals surface area contributed by atoms with Crippen molar-refractivity contribution in [3.05, 3.63) is 116 Å². The zero-order chi connectivity index (χ0) is 40.7. The van der Waals surface area contributed by atoms with Gasteiger partial charge in [-0.15, -0.1) is 15.3 Å². The Morgan fingerprint density at radius 2 is 1.19 bits per heavy atom.